The Morgan fingerprint density at radius 3 is 2.44 bits per heavy atom. The van der Waals surface area contributed by atoms with Gasteiger partial charge in [-0.05, 0) is 38.7 Å². The highest BCUT2D eigenvalue weighted by Gasteiger charge is 2.35. The summed E-state index contributed by atoms with van der Waals surface area (Å²) >= 11 is 0. The minimum absolute atomic E-state index is 0.0941. The van der Waals surface area contributed by atoms with E-state index >= 15 is 0 Å². The van der Waals surface area contributed by atoms with Crippen molar-refractivity contribution in [1.29, 1.82) is 0 Å². The number of hydrogen-bond donors (Lipinski definition) is 2. The number of methoxy groups -OCH3 is 2. The van der Waals surface area contributed by atoms with E-state index in [1.54, 1.807) is 13.0 Å². The van der Waals surface area contributed by atoms with Crippen LogP contribution in [0.4, 0.5) is 4.39 Å². The minimum Gasteiger partial charge on any atom is -0.503 e. The quantitative estimate of drug-likeness (QED) is 0.530. The number of aromatic nitrogens is 1. The normalized spacial score (nSPS) is 16.4. The van der Waals surface area contributed by atoms with E-state index in [0.29, 0.717) is 5.75 Å². The van der Waals surface area contributed by atoms with Crippen LogP contribution < -0.4 is 14.8 Å². The first-order valence-corrected chi connectivity index (χ1v) is 11.3. The van der Waals surface area contributed by atoms with Crippen LogP contribution in [0.5, 0.6) is 17.2 Å². The topological polar surface area (TPSA) is 107 Å². The third kappa shape index (κ3) is 5.58. The number of rotatable bonds is 9. The summed E-state index contributed by atoms with van der Waals surface area (Å²) in [5.41, 5.74) is 0.533. The van der Waals surface area contributed by atoms with Gasteiger partial charge in [0.1, 0.15) is 23.7 Å². The molecule has 0 unspecified atom stereocenters. The van der Waals surface area contributed by atoms with Gasteiger partial charge in [0.15, 0.2) is 17.2 Å². The molecule has 1 aliphatic rings. The van der Waals surface area contributed by atoms with Gasteiger partial charge in [-0.2, -0.15) is 0 Å². The molecule has 0 spiro atoms. The Hall–Kier alpha value is -3.36. The highest BCUT2D eigenvalue weighted by atomic mass is 19.1. The van der Waals surface area contributed by atoms with Crippen molar-refractivity contribution in [3.63, 3.8) is 0 Å². The van der Waals surface area contributed by atoms with Crippen molar-refractivity contribution in [3.8, 4) is 17.2 Å². The maximum absolute atomic E-state index is 13.8. The molecule has 9 heteroatoms. The lowest BCUT2D eigenvalue weighted by Crippen LogP contribution is -2.42. The van der Waals surface area contributed by atoms with Crippen molar-refractivity contribution in [1.82, 2.24) is 10.3 Å². The van der Waals surface area contributed by atoms with Crippen molar-refractivity contribution < 1.29 is 33.3 Å². The van der Waals surface area contributed by atoms with Crippen LogP contribution in [0, 0.1) is 11.7 Å². The summed E-state index contributed by atoms with van der Waals surface area (Å²) in [5, 5.41) is 12.6. The number of nitrogens with zero attached hydrogens (tertiary/aromatic N) is 1. The largest absolute Gasteiger partial charge is 0.503 e. The maximum Gasteiger partial charge on any atom is 0.328 e. The first-order valence-electron chi connectivity index (χ1n) is 11.3. The molecule has 1 amide bonds. The van der Waals surface area contributed by atoms with Crippen molar-refractivity contribution in [3.05, 3.63) is 47.5 Å². The number of hydrogen-bond acceptors (Lipinski definition) is 7. The van der Waals surface area contributed by atoms with Crippen molar-refractivity contribution in [2.75, 3.05) is 14.2 Å². The SMILES string of the molecule is COc1cc(F)ccc1[C@@H](C1CCCC1)[C@H](C)OC(=O)[C@H](C)NC(=O)c1nccc(OC)c1O. The fourth-order valence-electron chi connectivity index (χ4n) is 4.62. The molecule has 1 saturated carbocycles. The lowest BCUT2D eigenvalue weighted by molar-refractivity contribution is -0.151. The number of esters is 1. The van der Waals surface area contributed by atoms with Crippen LogP contribution in [0.2, 0.25) is 0 Å². The second kappa shape index (κ2) is 11.2. The van der Waals surface area contributed by atoms with E-state index in [9.17, 15) is 19.1 Å². The molecule has 0 aliphatic heterocycles. The van der Waals surface area contributed by atoms with Crippen LogP contribution in [0.1, 0.15) is 61.5 Å². The van der Waals surface area contributed by atoms with Crippen molar-refractivity contribution in [2.24, 2.45) is 5.92 Å². The Labute approximate surface area is 198 Å². The summed E-state index contributed by atoms with van der Waals surface area (Å²) in [5.74, 6) is -1.60. The van der Waals surface area contributed by atoms with Crippen LogP contribution in [0.3, 0.4) is 0 Å². The molecule has 0 saturated heterocycles. The Bertz CT molecular complexity index is 1020. The number of amides is 1. The second-order valence-corrected chi connectivity index (χ2v) is 8.50. The minimum atomic E-state index is -0.998. The smallest absolute Gasteiger partial charge is 0.328 e. The van der Waals surface area contributed by atoms with Gasteiger partial charge in [0.05, 0.1) is 14.2 Å². The van der Waals surface area contributed by atoms with E-state index in [1.807, 2.05) is 0 Å². The summed E-state index contributed by atoms with van der Waals surface area (Å²) in [6.45, 7) is 3.29. The van der Waals surface area contributed by atoms with Crippen LogP contribution in [0.15, 0.2) is 30.5 Å². The zero-order valence-corrected chi connectivity index (χ0v) is 19.8. The first kappa shape index (κ1) is 25.3. The fourth-order valence-corrected chi connectivity index (χ4v) is 4.62. The van der Waals surface area contributed by atoms with E-state index in [-0.39, 0.29) is 23.3 Å². The Morgan fingerprint density at radius 2 is 1.79 bits per heavy atom. The van der Waals surface area contributed by atoms with Gasteiger partial charge >= 0.3 is 5.97 Å². The lowest BCUT2D eigenvalue weighted by Gasteiger charge is -2.31. The van der Waals surface area contributed by atoms with Gasteiger partial charge in [-0.15, -0.1) is 0 Å². The van der Waals surface area contributed by atoms with E-state index < -0.39 is 35.6 Å². The van der Waals surface area contributed by atoms with Gasteiger partial charge < -0.3 is 24.6 Å². The highest BCUT2D eigenvalue weighted by molar-refractivity contribution is 5.97. The Balaban J connectivity index is 1.74. The molecule has 1 heterocycles. The maximum atomic E-state index is 13.8. The number of aromatic hydroxyl groups is 1. The molecule has 0 radical (unpaired) electrons. The molecule has 34 heavy (non-hydrogen) atoms. The number of carbonyl (C=O) groups is 2. The number of halogens is 1. The van der Waals surface area contributed by atoms with Crippen molar-refractivity contribution >= 4 is 11.9 Å². The van der Waals surface area contributed by atoms with Gasteiger partial charge in [0.25, 0.3) is 5.91 Å². The van der Waals surface area contributed by atoms with Crippen LogP contribution in [-0.2, 0) is 9.53 Å². The summed E-state index contributed by atoms with van der Waals surface area (Å²) in [6, 6.07) is 4.82. The number of carbonyl (C=O) groups excluding carboxylic acids is 2. The fraction of sp³-hybridized carbons (Fsp3) is 0.480. The Kier molecular flexibility index (Phi) is 8.31. The molecule has 1 aromatic heterocycles. The first-order chi connectivity index (χ1) is 16.3. The molecule has 8 nitrogen and oxygen atoms in total. The Morgan fingerprint density at radius 1 is 1.12 bits per heavy atom. The van der Waals surface area contributed by atoms with Crippen molar-refractivity contribution in [2.45, 2.75) is 57.6 Å². The number of pyridine rings is 1. The highest BCUT2D eigenvalue weighted by Crippen LogP contribution is 2.43. The predicted octanol–water partition coefficient (Wildman–Crippen LogP) is 3.97. The van der Waals surface area contributed by atoms with E-state index in [1.165, 1.54) is 45.5 Å². The van der Waals surface area contributed by atoms with Crippen LogP contribution in [-0.4, -0.2) is 48.3 Å². The standard InChI is InChI=1S/C25H31FN2O6/c1-14(28-24(30)22-23(29)19(32-3)11-12-27-22)25(31)34-15(2)21(16-7-5-6-8-16)18-10-9-17(26)13-20(18)33-4/h9-16,21,29H,5-8H2,1-4H3,(H,28,30)/t14-,15-,21+/m0/s1. The molecule has 1 fully saturated rings. The average molecular weight is 475 g/mol. The molecule has 1 aliphatic carbocycles. The van der Waals surface area contributed by atoms with E-state index in [2.05, 4.69) is 10.3 Å². The molecule has 184 valence electrons. The second-order valence-electron chi connectivity index (χ2n) is 8.50. The zero-order valence-electron chi connectivity index (χ0n) is 19.8. The van der Waals surface area contributed by atoms with E-state index in [0.717, 1.165) is 31.2 Å². The molecule has 0 bridgehead atoms. The monoisotopic (exact) mass is 474 g/mol. The summed E-state index contributed by atoms with van der Waals surface area (Å²) in [6.07, 6.45) is 4.88. The predicted molar refractivity (Wildman–Crippen MR) is 123 cm³/mol. The van der Waals surface area contributed by atoms with Gasteiger partial charge in [-0.3, -0.25) is 4.79 Å². The van der Waals surface area contributed by atoms with Gasteiger partial charge in [-0.1, -0.05) is 18.9 Å². The zero-order chi connectivity index (χ0) is 24.8. The number of ether oxygens (including phenoxy) is 3. The lowest BCUT2D eigenvalue weighted by atomic mass is 9.80. The summed E-state index contributed by atoms with van der Waals surface area (Å²) in [7, 11) is 2.84. The van der Waals surface area contributed by atoms with Gasteiger partial charge in [-0.25, -0.2) is 14.2 Å². The molecule has 2 N–H and O–H groups in total. The molecular weight excluding hydrogens is 443 g/mol. The molecule has 1 aromatic carbocycles. The third-order valence-electron chi connectivity index (χ3n) is 6.29. The van der Waals surface area contributed by atoms with Gasteiger partial charge in [0.2, 0.25) is 0 Å². The number of benzene rings is 1. The summed E-state index contributed by atoms with van der Waals surface area (Å²) in [4.78, 5) is 29.3. The average Bonchev–Trinajstić information content (AvgIpc) is 3.34. The van der Waals surface area contributed by atoms with Crippen LogP contribution in [0.25, 0.3) is 0 Å². The molecule has 3 rings (SSSR count). The summed E-state index contributed by atoms with van der Waals surface area (Å²) < 4.78 is 30.0. The van der Waals surface area contributed by atoms with Crippen LogP contribution >= 0.6 is 0 Å². The molecular formula is C25H31FN2O6. The third-order valence-corrected chi connectivity index (χ3v) is 6.29. The molecule has 2 aromatic rings. The van der Waals surface area contributed by atoms with E-state index in [4.69, 9.17) is 14.2 Å². The molecule has 3 atom stereocenters. The van der Waals surface area contributed by atoms with Gasteiger partial charge in [0, 0.05) is 29.8 Å². The number of nitrogens with one attached hydrogen (secondary N) is 1.